The van der Waals surface area contributed by atoms with Crippen LogP contribution >= 0.6 is 0 Å². The van der Waals surface area contributed by atoms with E-state index in [2.05, 4.69) is 31.4 Å². The molecule has 0 aliphatic carbocycles. The van der Waals surface area contributed by atoms with Gasteiger partial charge in [-0.1, -0.05) is 52.9 Å². The second-order valence-electron chi connectivity index (χ2n) is 5.13. The van der Waals surface area contributed by atoms with Crippen molar-refractivity contribution in [3.8, 4) is 0 Å². The van der Waals surface area contributed by atoms with Gasteiger partial charge in [-0.2, -0.15) is 0 Å². The van der Waals surface area contributed by atoms with Crippen molar-refractivity contribution >= 4 is 6.03 Å². The predicted octanol–water partition coefficient (Wildman–Crippen LogP) is 3.69. The lowest BCUT2D eigenvalue weighted by Gasteiger charge is -2.07. The second-order valence-corrected chi connectivity index (χ2v) is 5.13. The van der Waals surface area contributed by atoms with Gasteiger partial charge in [-0.15, -0.1) is 0 Å². The summed E-state index contributed by atoms with van der Waals surface area (Å²) in [4.78, 5) is 11.3. The van der Waals surface area contributed by atoms with Crippen LogP contribution in [0.2, 0.25) is 0 Å². The molecule has 0 radical (unpaired) electrons. The number of hydrogen-bond acceptors (Lipinski definition) is 1. The normalized spacial score (nSPS) is 10.6. The Bertz CT molecular complexity index is 181. The molecule has 0 aromatic rings. The molecule has 17 heavy (non-hydrogen) atoms. The van der Waals surface area contributed by atoms with Crippen molar-refractivity contribution in [2.24, 2.45) is 5.92 Å². The van der Waals surface area contributed by atoms with Crippen LogP contribution in [-0.4, -0.2) is 19.1 Å². The summed E-state index contributed by atoms with van der Waals surface area (Å²) in [7, 11) is 0. The molecule has 0 fully saturated rings. The van der Waals surface area contributed by atoms with Gasteiger partial charge in [0.15, 0.2) is 0 Å². The van der Waals surface area contributed by atoms with Crippen LogP contribution in [0.1, 0.15) is 65.7 Å². The molecule has 2 amide bonds. The Morgan fingerprint density at radius 2 is 1.53 bits per heavy atom. The van der Waals surface area contributed by atoms with E-state index < -0.39 is 0 Å². The molecule has 2 N–H and O–H groups in total. The third kappa shape index (κ3) is 13.2. The zero-order chi connectivity index (χ0) is 12.9. The molecular formula is C14H30N2O. The molecule has 0 atom stereocenters. The first kappa shape index (κ1) is 16.3. The van der Waals surface area contributed by atoms with Crippen LogP contribution in [0.25, 0.3) is 0 Å². The lowest BCUT2D eigenvalue weighted by Crippen LogP contribution is -2.36. The smallest absolute Gasteiger partial charge is 0.314 e. The fourth-order valence-electron chi connectivity index (χ4n) is 1.67. The van der Waals surface area contributed by atoms with E-state index in [1.54, 1.807) is 0 Å². The van der Waals surface area contributed by atoms with E-state index in [9.17, 15) is 4.79 Å². The Morgan fingerprint density at radius 3 is 2.12 bits per heavy atom. The first-order valence-corrected chi connectivity index (χ1v) is 7.18. The van der Waals surface area contributed by atoms with Gasteiger partial charge < -0.3 is 10.6 Å². The van der Waals surface area contributed by atoms with Crippen LogP contribution in [0, 0.1) is 5.92 Å². The molecule has 0 aromatic heterocycles. The summed E-state index contributed by atoms with van der Waals surface area (Å²) < 4.78 is 0. The summed E-state index contributed by atoms with van der Waals surface area (Å²) in [5, 5.41) is 5.74. The fraction of sp³-hybridized carbons (Fsp3) is 0.929. The molecule has 3 nitrogen and oxygen atoms in total. The highest BCUT2D eigenvalue weighted by Crippen LogP contribution is 2.08. The minimum Gasteiger partial charge on any atom is -0.338 e. The minimum absolute atomic E-state index is 0.0133. The predicted molar refractivity (Wildman–Crippen MR) is 74.2 cm³/mol. The standard InChI is InChI=1S/C14H30N2O/c1-4-5-11-15-14(17)16-12-9-7-6-8-10-13(2)3/h13H,4-12H2,1-3H3,(H2,15,16,17). The number of unbranched alkanes of at least 4 members (excludes halogenated alkanes) is 4. The molecule has 0 heterocycles. The first-order chi connectivity index (χ1) is 8.16. The van der Waals surface area contributed by atoms with E-state index >= 15 is 0 Å². The van der Waals surface area contributed by atoms with E-state index in [4.69, 9.17) is 0 Å². The van der Waals surface area contributed by atoms with E-state index in [0.29, 0.717) is 0 Å². The van der Waals surface area contributed by atoms with Gasteiger partial charge in [-0.25, -0.2) is 4.79 Å². The Labute approximate surface area is 107 Å². The SMILES string of the molecule is CCCCNC(=O)NCCCCCCC(C)C. The summed E-state index contributed by atoms with van der Waals surface area (Å²) in [5.41, 5.74) is 0. The van der Waals surface area contributed by atoms with Crippen molar-refractivity contribution in [1.82, 2.24) is 10.6 Å². The Morgan fingerprint density at radius 1 is 0.941 bits per heavy atom. The van der Waals surface area contributed by atoms with Gasteiger partial charge in [0.25, 0.3) is 0 Å². The lowest BCUT2D eigenvalue weighted by molar-refractivity contribution is 0.240. The van der Waals surface area contributed by atoms with Crippen LogP contribution in [0.15, 0.2) is 0 Å². The summed E-state index contributed by atoms with van der Waals surface area (Å²) in [6.07, 6.45) is 8.43. The number of rotatable bonds is 10. The molecule has 0 aliphatic heterocycles. The number of carbonyl (C=O) groups is 1. The highest BCUT2D eigenvalue weighted by molar-refractivity contribution is 5.73. The zero-order valence-corrected chi connectivity index (χ0v) is 11.8. The van der Waals surface area contributed by atoms with E-state index in [-0.39, 0.29) is 6.03 Å². The molecule has 0 saturated heterocycles. The van der Waals surface area contributed by atoms with Crippen molar-refractivity contribution < 1.29 is 4.79 Å². The topological polar surface area (TPSA) is 41.1 Å². The van der Waals surface area contributed by atoms with Gasteiger partial charge in [0.2, 0.25) is 0 Å². The Kier molecular flexibility index (Phi) is 11.2. The summed E-state index contributed by atoms with van der Waals surface area (Å²) in [6, 6.07) is -0.0133. The quantitative estimate of drug-likeness (QED) is 0.564. The van der Waals surface area contributed by atoms with Crippen molar-refractivity contribution in [2.45, 2.75) is 65.7 Å². The largest absolute Gasteiger partial charge is 0.338 e. The number of carbonyl (C=O) groups excluding carboxylic acids is 1. The third-order valence-corrected chi connectivity index (χ3v) is 2.81. The van der Waals surface area contributed by atoms with Gasteiger partial charge in [0, 0.05) is 13.1 Å². The monoisotopic (exact) mass is 242 g/mol. The van der Waals surface area contributed by atoms with E-state index in [1.807, 2.05) is 0 Å². The maximum absolute atomic E-state index is 11.3. The molecule has 0 unspecified atom stereocenters. The molecule has 0 aromatic carbocycles. The molecule has 0 saturated carbocycles. The van der Waals surface area contributed by atoms with Gasteiger partial charge in [-0.3, -0.25) is 0 Å². The van der Waals surface area contributed by atoms with Crippen LogP contribution in [0.5, 0.6) is 0 Å². The van der Waals surface area contributed by atoms with Crippen LogP contribution in [-0.2, 0) is 0 Å². The van der Waals surface area contributed by atoms with Crippen molar-refractivity contribution in [2.75, 3.05) is 13.1 Å². The summed E-state index contributed by atoms with van der Waals surface area (Å²) in [5.74, 6) is 0.817. The minimum atomic E-state index is -0.0133. The molecule has 0 bridgehead atoms. The highest BCUT2D eigenvalue weighted by Gasteiger charge is 1.98. The maximum atomic E-state index is 11.3. The third-order valence-electron chi connectivity index (χ3n) is 2.81. The Hall–Kier alpha value is -0.730. The van der Waals surface area contributed by atoms with Crippen molar-refractivity contribution in [3.63, 3.8) is 0 Å². The molecule has 0 spiro atoms. The number of urea groups is 1. The van der Waals surface area contributed by atoms with Crippen LogP contribution < -0.4 is 10.6 Å². The fourth-order valence-corrected chi connectivity index (χ4v) is 1.67. The highest BCUT2D eigenvalue weighted by atomic mass is 16.2. The molecular weight excluding hydrogens is 212 g/mol. The Balaban J connectivity index is 3.14. The van der Waals surface area contributed by atoms with E-state index in [0.717, 1.165) is 38.3 Å². The second kappa shape index (κ2) is 11.7. The van der Waals surface area contributed by atoms with E-state index in [1.165, 1.54) is 25.7 Å². The van der Waals surface area contributed by atoms with Crippen molar-refractivity contribution in [3.05, 3.63) is 0 Å². The first-order valence-electron chi connectivity index (χ1n) is 7.18. The molecule has 3 heteroatoms. The van der Waals surface area contributed by atoms with Crippen LogP contribution in [0.4, 0.5) is 4.79 Å². The van der Waals surface area contributed by atoms with Gasteiger partial charge >= 0.3 is 6.03 Å². The van der Waals surface area contributed by atoms with Gasteiger partial charge in [-0.05, 0) is 18.8 Å². The summed E-state index contributed by atoms with van der Waals surface area (Å²) in [6.45, 7) is 8.25. The van der Waals surface area contributed by atoms with Gasteiger partial charge in [0.1, 0.15) is 0 Å². The number of hydrogen-bond donors (Lipinski definition) is 2. The average molecular weight is 242 g/mol. The zero-order valence-electron chi connectivity index (χ0n) is 11.8. The average Bonchev–Trinajstić information content (AvgIpc) is 2.28. The number of amides is 2. The van der Waals surface area contributed by atoms with Crippen molar-refractivity contribution in [1.29, 1.82) is 0 Å². The summed E-state index contributed by atoms with van der Waals surface area (Å²) >= 11 is 0. The van der Waals surface area contributed by atoms with Crippen LogP contribution in [0.3, 0.4) is 0 Å². The molecule has 102 valence electrons. The number of nitrogens with one attached hydrogen (secondary N) is 2. The van der Waals surface area contributed by atoms with Gasteiger partial charge in [0.05, 0.1) is 0 Å². The molecule has 0 aliphatic rings. The maximum Gasteiger partial charge on any atom is 0.314 e. The molecule has 0 rings (SSSR count). The lowest BCUT2D eigenvalue weighted by atomic mass is 10.0.